The van der Waals surface area contributed by atoms with Crippen molar-refractivity contribution in [3.05, 3.63) is 120 Å². The quantitative estimate of drug-likeness (QED) is 0.135. The Kier molecular flexibility index (Phi) is 14.3. The number of hydrogen-bond donors (Lipinski definition) is 0. The van der Waals surface area contributed by atoms with Crippen LogP contribution in [0.15, 0.2) is 104 Å². The van der Waals surface area contributed by atoms with Crippen LogP contribution in [0.5, 0.6) is 0 Å². The van der Waals surface area contributed by atoms with Crippen LogP contribution >= 0.6 is 0 Å². The van der Waals surface area contributed by atoms with Gasteiger partial charge in [-0.25, -0.2) is 0 Å². The van der Waals surface area contributed by atoms with E-state index >= 15 is 0 Å². The highest BCUT2D eigenvalue weighted by Gasteiger charge is 2.54. The molecule has 0 aliphatic carbocycles. The summed E-state index contributed by atoms with van der Waals surface area (Å²) in [6.07, 6.45) is -7.10. The Morgan fingerprint density at radius 1 is 0.569 bits per heavy atom. The van der Waals surface area contributed by atoms with Gasteiger partial charge >= 0.3 is 11.9 Å². The van der Waals surface area contributed by atoms with Gasteiger partial charge in [-0.05, 0) is 30.5 Å². The number of hydrogen-bond acceptors (Lipinski definition) is 11. The summed E-state index contributed by atoms with van der Waals surface area (Å²) in [7, 11) is 0. The Bertz CT molecular complexity index is 1500. The van der Waals surface area contributed by atoms with Gasteiger partial charge in [0.1, 0.15) is 30.5 Å². The number of esters is 2. The van der Waals surface area contributed by atoms with E-state index in [1.807, 2.05) is 105 Å². The number of ether oxygens (including phenoxy) is 9. The van der Waals surface area contributed by atoms with Crippen LogP contribution in [0.4, 0.5) is 0 Å². The molecule has 11 nitrogen and oxygen atoms in total. The van der Waals surface area contributed by atoms with Gasteiger partial charge in [0.15, 0.2) is 12.4 Å². The predicted octanol–water partition coefficient (Wildman–Crippen LogP) is 5.68. The van der Waals surface area contributed by atoms with Crippen molar-refractivity contribution in [1.29, 1.82) is 0 Å². The zero-order valence-electron chi connectivity index (χ0n) is 29.5. The van der Waals surface area contributed by atoms with Gasteiger partial charge in [-0.1, -0.05) is 97.1 Å². The second-order valence-corrected chi connectivity index (χ2v) is 12.6. The fraction of sp³-hybridized carbons (Fsp3) is 0.450. The number of carbonyl (C=O) groups is 2. The maximum absolute atomic E-state index is 12.6. The van der Waals surface area contributed by atoms with Crippen molar-refractivity contribution < 1.29 is 52.2 Å². The second-order valence-electron chi connectivity index (χ2n) is 12.6. The fourth-order valence-electron chi connectivity index (χ4n) is 6.25. The lowest BCUT2D eigenvalue weighted by Crippen LogP contribution is -2.65. The summed E-state index contributed by atoms with van der Waals surface area (Å²) >= 11 is 0. The summed E-state index contributed by atoms with van der Waals surface area (Å²) in [5.41, 5.74) is 2.78. The molecule has 0 bridgehead atoms. The molecule has 2 heterocycles. The molecule has 2 saturated heterocycles. The van der Waals surface area contributed by atoms with Gasteiger partial charge < -0.3 is 42.6 Å². The lowest BCUT2D eigenvalue weighted by Gasteiger charge is -2.49. The van der Waals surface area contributed by atoms with Crippen LogP contribution in [0.2, 0.25) is 0 Å². The minimum Gasteiger partial charge on any atom is -0.454 e. The molecular weight excluding hydrogens is 656 g/mol. The molecule has 11 heteroatoms. The van der Waals surface area contributed by atoms with Gasteiger partial charge in [0.2, 0.25) is 6.29 Å². The van der Waals surface area contributed by atoms with Crippen molar-refractivity contribution in [1.82, 2.24) is 0 Å². The first-order chi connectivity index (χ1) is 24.7. The van der Waals surface area contributed by atoms with Crippen LogP contribution in [0.3, 0.4) is 0 Å². The van der Waals surface area contributed by atoms with Crippen LogP contribution in [0.1, 0.15) is 44.4 Å². The molecule has 274 valence electrons. The Hall–Kier alpha value is -3.94. The van der Waals surface area contributed by atoms with Crippen molar-refractivity contribution >= 4 is 11.9 Å². The van der Waals surface area contributed by atoms with Gasteiger partial charge in [-0.15, -0.1) is 6.58 Å². The Morgan fingerprint density at radius 2 is 1.00 bits per heavy atom. The molecular formula is C40H48O11. The monoisotopic (exact) mass is 704 g/mol. The topological polar surface area (TPSA) is 117 Å². The Balaban J connectivity index is 1.48. The number of carbonyl (C=O) groups excluding carboxylic acids is 2. The summed E-state index contributed by atoms with van der Waals surface area (Å²) in [6.45, 7) is 10.9. The van der Waals surface area contributed by atoms with E-state index in [0.717, 1.165) is 16.7 Å². The number of rotatable bonds is 16. The van der Waals surface area contributed by atoms with E-state index in [1.54, 1.807) is 6.08 Å². The summed E-state index contributed by atoms with van der Waals surface area (Å²) in [5.74, 6) is -1.12. The zero-order chi connectivity index (χ0) is 36.2. The van der Waals surface area contributed by atoms with Crippen LogP contribution in [0, 0.1) is 0 Å². The molecule has 0 spiro atoms. The maximum Gasteiger partial charge on any atom is 0.305 e. The summed E-state index contributed by atoms with van der Waals surface area (Å²) in [5, 5.41) is 0. The van der Waals surface area contributed by atoms with Crippen molar-refractivity contribution in [2.45, 2.75) is 109 Å². The Morgan fingerprint density at radius 3 is 1.45 bits per heavy atom. The largest absolute Gasteiger partial charge is 0.454 e. The van der Waals surface area contributed by atoms with E-state index in [-0.39, 0.29) is 26.4 Å². The maximum atomic E-state index is 12.6. The smallest absolute Gasteiger partial charge is 0.305 e. The molecule has 51 heavy (non-hydrogen) atoms. The first kappa shape index (κ1) is 38.3. The molecule has 0 aromatic heterocycles. The number of benzene rings is 3. The zero-order valence-corrected chi connectivity index (χ0v) is 29.5. The second kappa shape index (κ2) is 19.1. The first-order valence-electron chi connectivity index (χ1n) is 17.2. The Labute approximate surface area is 299 Å². The third kappa shape index (κ3) is 10.8. The van der Waals surface area contributed by atoms with E-state index in [1.165, 1.54) is 13.8 Å². The van der Waals surface area contributed by atoms with Crippen LogP contribution in [-0.2, 0) is 72.0 Å². The average molecular weight is 705 g/mol. The molecule has 0 radical (unpaired) electrons. The SMILES string of the molecule is C=CCO[C@H]1[C@H](OC(C)=O)[C@@H](O[C@@H]2[C@H](OCc3ccccc3)[C@@H](OC(C)=O)O[C@H](C)[C@H]2OCc2ccccc2)O[C@@H](C)[C@H]1OCc1ccccc1. The summed E-state index contributed by atoms with van der Waals surface area (Å²) in [4.78, 5) is 25.0. The summed E-state index contributed by atoms with van der Waals surface area (Å²) < 4.78 is 56.8. The van der Waals surface area contributed by atoms with Crippen LogP contribution in [0.25, 0.3) is 0 Å². The molecule has 10 atom stereocenters. The third-order valence-electron chi connectivity index (χ3n) is 8.59. The van der Waals surface area contributed by atoms with Crippen molar-refractivity contribution in [2.24, 2.45) is 0 Å². The van der Waals surface area contributed by atoms with Gasteiger partial charge in [0, 0.05) is 13.8 Å². The molecule has 5 rings (SSSR count). The highest BCUT2D eigenvalue weighted by Crippen LogP contribution is 2.36. The lowest BCUT2D eigenvalue weighted by molar-refractivity contribution is -0.364. The predicted molar refractivity (Wildman–Crippen MR) is 186 cm³/mol. The molecule has 0 saturated carbocycles. The molecule has 0 unspecified atom stereocenters. The van der Waals surface area contributed by atoms with Crippen molar-refractivity contribution in [3.63, 3.8) is 0 Å². The lowest BCUT2D eigenvalue weighted by atomic mass is 9.96. The van der Waals surface area contributed by atoms with E-state index in [2.05, 4.69) is 6.58 Å². The minimum absolute atomic E-state index is 0.154. The van der Waals surface area contributed by atoms with Crippen molar-refractivity contribution in [2.75, 3.05) is 6.61 Å². The van der Waals surface area contributed by atoms with Gasteiger partial charge in [-0.3, -0.25) is 9.59 Å². The fourth-order valence-corrected chi connectivity index (χ4v) is 6.25. The van der Waals surface area contributed by atoms with E-state index in [9.17, 15) is 9.59 Å². The third-order valence-corrected chi connectivity index (χ3v) is 8.59. The van der Waals surface area contributed by atoms with Crippen LogP contribution in [-0.4, -0.2) is 80.0 Å². The van der Waals surface area contributed by atoms with E-state index in [0.29, 0.717) is 0 Å². The molecule has 0 N–H and O–H groups in total. The van der Waals surface area contributed by atoms with Gasteiger partial charge in [-0.2, -0.15) is 0 Å². The standard InChI is InChI=1S/C40H48O11/c1-6-22-43-35-33(44-23-30-16-10-7-11-17-30)26(2)48-40(38(35)49-28(4)41)51-36-34(45-24-31-18-12-8-13-19-31)27(3)47-39(50-29(5)42)37(36)46-25-32-20-14-9-15-21-32/h6-21,26-27,33-40H,1,22-25H2,2-5H3/t26-,27+,33+,34+,35+,36-,37-,38-,39+,40+/m0/s1. The molecule has 3 aromatic rings. The first-order valence-corrected chi connectivity index (χ1v) is 17.2. The molecule has 3 aromatic carbocycles. The minimum atomic E-state index is -1.17. The molecule has 0 amide bonds. The van der Waals surface area contributed by atoms with E-state index in [4.69, 9.17) is 42.6 Å². The van der Waals surface area contributed by atoms with Crippen LogP contribution < -0.4 is 0 Å². The molecule has 2 fully saturated rings. The molecule has 2 aliphatic rings. The summed E-state index contributed by atoms with van der Waals surface area (Å²) in [6, 6.07) is 29.0. The van der Waals surface area contributed by atoms with E-state index < -0.39 is 73.4 Å². The van der Waals surface area contributed by atoms with Crippen molar-refractivity contribution in [3.8, 4) is 0 Å². The molecule has 2 aliphatic heterocycles. The highest BCUT2D eigenvalue weighted by molar-refractivity contribution is 5.66. The van der Waals surface area contributed by atoms with Gasteiger partial charge in [0.05, 0.1) is 38.6 Å². The van der Waals surface area contributed by atoms with Gasteiger partial charge in [0.25, 0.3) is 0 Å². The average Bonchev–Trinajstić information content (AvgIpc) is 3.12. The normalized spacial score (nSPS) is 29.2. The highest BCUT2D eigenvalue weighted by atomic mass is 16.8.